The summed E-state index contributed by atoms with van der Waals surface area (Å²) in [6.07, 6.45) is 16.1. The molecule has 0 radical (unpaired) electrons. The zero-order valence-electron chi connectivity index (χ0n) is 37.0. The number of nitrogens with one attached hydrogen (secondary N) is 1. The lowest BCUT2D eigenvalue weighted by atomic mass is 9.92. The smallest absolute Gasteiger partial charge is 0.187 e. The number of amidine groups is 1. The van der Waals surface area contributed by atoms with Gasteiger partial charge in [-0.3, -0.25) is 5.41 Å². The maximum absolute atomic E-state index is 7.42. The molecule has 0 saturated carbocycles. The molecular weight excluding hydrogens is 735 g/mol. The highest BCUT2D eigenvalue weighted by molar-refractivity contribution is 5.94. The first-order valence-corrected chi connectivity index (χ1v) is 23.3. The Bertz CT molecular complexity index is 1450. The minimum absolute atomic E-state index is 0.0953. The first-order chi connectivity index (χ1) is 28.8. The van der Waals surface area contributed by atoms with E-state index in [1.54, 1.807) is 0 Å². The van der Waals surface area contributed by atoms with Crippen LogP contribution in [0.2, 0.25) is 0 Å². The van der Waals surface area contributed by atoms with Crippen molar-refractivity contribution in [1.29, 1.82) is 5.41 Å². The van der Waals surface area contributed by atoms with Gasteiger partial charge in [-0.05, 0) is 153 Å². The zero-order chi connectivity index (χ0) is 41.5. The molecule has 2 aromatic rings. The van der Waals surface area contributed by atoms with Gasteiger partial charge in [0.05, 0.1) is 19.8 Å². The summed E-state index contributed by atoms with van der Waals surface area (Å²) in [5, 5.41) is 7.42. The second-order valence-corrected chi connectivity index (χ2v) is 17.8. The summed E-state index contributed by atoms with van der Waals surface area (Å²) in [4.78, 5) is 18.8. The van der Waals surface area contributed by atoms with Crippen LogP contribution in [-0.4, -0.2) is 167 Å². The topological polar surface area (TPSA) is 92.1 Å². The molecule has 4 aliphatic rings. The molecule has 59 heavy (non-hydrogen) atoms. The Labute approximate surface area is 358 Å². The largest absolute Gasteiger partial charge is 0.494 e. The van der Waals surface area contributed by atoms with Gasteiger partial charge in [0.15, 0.2) is 5.69 Å². The van der Waals surface area contributed by atoms with Crippen LogP contribution >= 0.6 is 0 Å². The Kier molecular flexibility index (Phi) is 21.3. The Balaban J connectivity index is 0.000000224. The number of nitrogens with two attached hydrogens (primary N) is 1. The maximum Gasteiger partial charge on any atom is 0.187 e. The molecule has 4 aliphatic heterocycles. The van der Waals surface area contributed by atoms with Crippen molar-refractivity contribution in [2.45, 2.75) is 77.0 Å². The van der Waals surface area contributed by atoms with Crippen LogP contribution < -0.4 is 15.2 Å². The molecular formula is C48H79N9O2. The van der Waals surface area contributed by atoms with Crippen LogP contribution in [0.1, 0.15) is 82.6 Å². The van der Waals surface area contributed by atoms with E-state index in [-0.39, 0.29) is 5.84 Å². The van der Waals surface area contributed by atoms with Gasteiger partial charge in [0.25, 0.3) is 0 Å². The van der Waals surface area contributed by atoms with Gasteiger partial charge in [-0.15, -0.1) is 0 Å². The van der Waals surface area contributed by atoms with Crippen molar-refractivity contribution in [2.24, 2.45) is 17.6 Å². The van der Waals surface area contributed by atoms with Gasteiger partial charge >= 0.3 is 0 Å². The zero-order valence-corrected chi connectivity index (χ0v) is 37.0. The van der Waals surface area contributed by atoms with Crippen molar-refractivity contribution < 1.29 is 9.47 Å². The number of piperazine rings is 2. The molecule has 0 spiro atoms. The van der Waals surface area contributed by atoms with Crippen LogP contribution in [0.25, 0.3) is 4.85 Å². The fraction of sp³-hybridized carbons (Fsp3) is 0.708. The quantitative estimate of drug-likeness (QED) is 0.0599. The fourth-order valence-electron chi connectivity index (χ4n) is 9.02. The van der Waals surface area contributed by atoms with Crippen LogP contribution in [0.15, 0.2) is 48.5 Å². The lowest BCUT2D eigenvalue weighted by Crippen LogP contribution is -2.46. The highest BCUT2D eigenvalue weighted by Gasteiger charge is 2.20. The molecule has 0 unspecified atom stereocenters. The SMILES string of the molecule is CN1CCC(CCCCN2CCN(CCCOc3ccc(C(=N)N)cc3)CC2)CC1.[C-]#[N+]c1ccc(OCCCN2CCN(CCCCC3CCN(C)CC3)CC2)cc1. The number of nitrogen functional groups attached to an aromatic ring is 1. The van der Waals surface area contributed by atoms with Gasteiger partial charge in [-0.1, -0.05) is 37.8 Å². The van der Waals surface area contributed by atoms with Crippen LogP contribution in [0, 0.1) is 23.8 Å². The molecule has 4 saturated heterocycles. The van der Waals surface area contributed by atoms with Gasteiger partial charge in [-0.2, -0.15) is 0 Å². The second-order valence-electron chi connectivity index (χ2n) is 17.8. The Morgan fingerprint density at radius 2 is 0.915 bits per heavy atom. The van der Waals surface area contributed by atoms with Crippen molar-refractivity contribution in [3.8, 4) is 11.5 Å². The summed E-state index contributed by atoms with van der Waals surface area (Å²) >= 11 is 0. The molecule has 11 heteroatoms. The predicted octanol–water partition coefficient (Wildman–Crippen LogP) is 7.01. The minimum Gasteiger partial charge on any atom is -0.494 e. The minimum atomic E-state index is 0.0953. The van der Waals surface area contributed by atoms with E-state index >= 15 is 0 Å². The number of ether oxygens (including phenoxy) is 2. The van der Waals surface area contributed by atoms with Gasteiger partial charge in [0, 0.05) is 71.0 Å². The third kappa shape index (κ3) is 18.5. The highest BCUT2D eigenvalue weighted by Crippen LogP contribution is 2.23. The summed E-state index contributed by atoms with van der Waals surface area (Å²) in [5.74, 6) is 3.77. The number of unbranched alkanes of at least 4 members (excludes halogenated alkanes) is 2. The van der Waals surface area contributed by atoms with E-state index in [1.807, 2.05) is 48.5 Å². The number of hydrogen-bond donors (Lipinski definition) is 2. The Morgan fingerprint density at radius 1 is 0.559 bits per heavy atom. The normalized spacial score (nSPS) is 19.8. The summed E-state index contributed by atoms with van der Waals surface area (Å²) < 4.78 is 11.6. The molecule has 0 bridgehead atoms. The van der Waals surface area contributed by atoms with E-state index in [0.29, 0.717) is 5.69 Å². The number of piperidine rings is 2. The van der Waals surface area contributed by atoms with E-state index in [1.165, 1.54) is 156 Å². The van der Waals surface area contributed by atoms with Gasteiger partial charge < -0.3 is 44.6 Å². The van der Waals surface area contributed by atoms with Crippen molar-refractivity contribution in [2.75, 3.05) is 132 Å². The van der Waals surface area contributed by atoms with Crippen molar-refractivity contribution >= 4 is 11.5 Å². The van der Waals surface area contributed by atoms with E-state index < -0.39 is 0 Å². The van der Waals surface area contributed by atoms with E-state index in [9.17, 15) is 0 Å². The number of benzene rings is 2. The highest BCUT2D eigenvalue weighted by atomic mass is 16.5. The Morgan fingerprint density at radius 3 is 1.27 bits per heavy atom. The summed E-state index contributed by atoms with van der Waals surface area (Å²) in [6.45, 7) is 28.0. The lowest BCUT2D eigenvalue weighted by molar-refractivity contribution is 0.123. The Hall–Kier alpha value is -3.24. The molecule has 2 aromatic carbocycles. The van der Waals surface area contributed by atoms with Gasteiger partial charge in [0.2, 0.25) is 0 Å². The summed E-state index contributed by atoms with van der Waals surface area (Å²) in [6, 6.07) is 14.9. The van der Waals surface area contributed by atoms with Crippen molar-refractivity contribution in [1.82, 2.24) is 29.4 Å². The predicted molar refractivity (Wildman–Crippen MR) is 244 cm³/mol. The molecule has 4 heterocycles. The first kappa shape index (κ1) is 46.8. The van der Waals surface area contributed by atoms with Crippen LogP contribution in [0.4, 0.5) is 5.69 Å². The van der Waals surface area contributed by atoms with Crippen LogP contribution in [0.3, 0.4) is 0 Å². The maximum atomic E-state index is 7.42. The van der Waals surface area contributed by atoms with E-state index in [2.05, 4.69) is 48.3 Å². The van der Waals surface area contributed by atoms with Crippen LogP contribution in [0.5, 0.6) is 11.5 Å². The lowest BCUT2D eigenvalue weighted by Gasteiger charge is -2.35. The first-order valence-electron chi connectivity index (χ1n) is 23.3. The molecule has 0 atom stereocenters. The fourth-order valence-corrected chi connectivity index (χ4v) is 9.02. The standard InChI is InChI=1S/C24H41N5O.C24H38N4O/c1-27-14-10-21(11-15-27)5-2-3-12-28-16-18-29(19-17-28)13-4-20-30-23-8-6-22(7-9-23)24(25)26;1-25-23-7-9-24(10-8-23)29-21-5-14-28-19-17-27(18-20-28)13-4-3-6-22-11-15-26(2)16-12-22/h6-9,21H,2-5,10-20H2,1H3,(H3,25,26);7-10,22H,3-6,11-21H2,2H3. The molecule has 328 valence electrons. The molecule has 11 nitrogen and oxygen atoms in total. The summed E-state index contributed by atoms with van der Waals surface area (Å²) in [7, 11) is 4.50. The number of likely N-dealkylation sites (tertiary alicyclic amines) is 2. The average Bonchev–Trinajstić information content (AvgIpc) is 3.27. The third-order valence-corrected chi connectivity index (χ3v) is 13.2. The van der Waals surface area contributed by atoms with E-state index in [4.69, 9.17) is 27.2 Å². The molecule has 4 fully saturated rings. The number of rotatable bonds is 21. The van der Waals surface area contributed by atoms with Gasteiger partial charge in [0.1, 0.15) is 17.3 Å². The van der Waals surface area contributed by atoms with Crippen molar-refractivity contribution in [3.63, 3.8) is 0 Å². The van der Waals surface area contributed by atoms with Crippen LogP contribution in [-0.2, 0) is 0 Å². The molecule has 0 aliphatic carbocycles. The third-order valence-electron chi connectivity index (χ3n) is 13.2. The molecule has 0 aromatic heterocycles. The molecule has 0 amide bonds. The monoisotopic (exact) mass is 814 g/mol. The number of hydrogen-bond acceptors (Lipinski definition) is 9. The number of nitrogens with zero attached hydrogens (tertiary/aromatic N) is 7. The average molecular weight is 814 g/mol. The molecule has 6 rings (SSSR count). The van der Waals surface area contributed by atoms with Crippen molar-refractivity contribution in [3.05, 3.63) is 65.5 Å². The second kappa shape index (κ2) is 26.9. The van der Waals surface area contributed by atoms with Gasteiger partial charge in [-0.25, -0.2) is 4.85 Å². The molecule has 3 N–H and O–H groups in total. The summed E-state index contributed by atoms with van der Waals surface area (Å²) in [5.41, 5.74) is 6.88. The van der Waals surface area contributed by atoms with E-state index in [0.717, 1.165) is 68.0 Å².